The van der Waals surface area contributed by atoms with E-state index < -0.39 is 0 Å². The van der Waals surface area contributed by atoms with Crippen molar-refractivity contribution in [3.8, 4) is 0 Å². The van der Waals surface area contributed by atoms with Crippen LogP contribution < -0.4 is 5.73 Å². The van der Waals surface area contributed by atoms with Gasteiger partial charge in [-0.15, -0.1) is 0 Å². The van der Waals surface area contributed by atoms with Gasteiger partial charge in [0.2, 0.25) is 0 Å². The molecule has 0 saturated heterocycles. The molecule has 1 unspecified atom stereocenters. The number of nitrogens with two attached hydrogens (primary N) is 1. The number of methoxy groups -OCH3 is 1. The quantitative estimate of drug-likeness (QED) is 0.161. The number of esters is 1. The average Bonchev–Trinajstić information content (AvgIpc) is 2.71. The SMILES string of the molecule is CCCCCCCCCCCCCCCCCCC(C)(CCCN)C(=O)OC. The van der Waals surface area contributed by atoms with Crippen LogP contribution in [0.3, 0.4) is 0 Å². The molecular formula is C25H51NO2. The van der Waals surface area contributed by atoms with E-state index in [4.69, 9.17) is 10.5 Å². The van der Waals surface area contributed by atoms with Crippen LogP contribution in [-0.2, 0) is 9.53 Å². The van der Waals surface area contributed by atoms with E-state index in [1.807, 2.05) is 6.92 Å². The van der Waals surface area contributed by atoms with Crippen LogP contribution in [0.15, 0.2) is 0 Å². The fourth-order valence-electron chi connectivity index (χ4n) is 4.13. The molecule has 1 atom stereocenters. The third kappa shape index (κ3) is 15.4. The van der Waals surface area contributed by atoms with E-state index in [2.05, 4.69) is 6.92 Å². The monoisotopic (exact) mass is 397 g/mol. The second kappa shape index (κ2) is 19.7. The molecule has 2 N–H and O–H groups in total. The fraction of sp³-hybridized carbons (Fsp3) is 0.960. The second-order valence-electron chi connectivity index (χ2n) is 9.00. The number of ether oxygens (including phenoxy) is 1. The molecule has 3 nitrogen and oxygen atoms in total. The summed E-state index contributed by atoms with van der Waals surface area (Å²) in [5.74, 6) is -0.0677. The van der Waals surface area contributed by atoms with Gasteiger partial charge in [-0.05, 0) is 32.7 Å². The molecule has 0 fully saturated rings. The van der Waals surface area contributed by atoms with Gasteiger partial charge in [-0.3, -0.25) is 4.79 Å². The summed E-state index contributed by atoms with van der Waals surface area (Å²) < 4.78 is 5.01. The highest BCUT2D eigenvalue weighted by Crippen LogP contribution is 2.31. The molecule has 0 radical (unpaired) electrons. The zero-order chi connectivity index (χ0) is 20.9. The van der Waals surface area contributed by atoms with Gasteiger partial charge in [0, 0.05) is 0 Å². The number of carbonyl (C=O) groups excluding carboxylic acids is 1. The van der Waals surface area contributed by atoms with Crippen LogP contribution in [0.25, 0.3) is 0 Å². The van der Waals surface area contributed by atoms with E-state index >= 15 is 0 Å². The molecule has 168 valence electrons. The molecule has 0 spiro atoms. The number of unbranched alkanes of at least 4 members (excludes halogenated alkanes) is 15. The van der Waals surface area contributed by atoms with Crippen molar-refractivity contribution in [3.05, 3.63) is 0 Å². The van der Waals surface area contributed by atoms with Crippen molar-refractivity contribution in [2.75, 3.05) is 13.7 Å². The topological polar surface area (TPSA) is 52.3 Å². The van der Waals surface area contributed by atoms with Gasteiger partial charge < -0.3 is 10.5 Å². The Bertz CT molecular complexity index is 345. The normalized spacial score (nSPS) is 13.4. The third-order valence-corrected chi connectivity index (χ3v) is 6.19. The van der Waals surface area contributed by atoms with Crippen LogP contribution in [0.5, 0.6) is 0 Å². The maximum Gasteiger partial charge on any atom is 0.311 e. The van der Waals surface area contributed by atoms with E-state index in [0.717, 1.165) is 25.7 Å². The first-order chi connectivity index (χ1) is 13.6. The van der Waals surface area contributed by atoms with Gasteiger partial charge in [-0.2, -0.15) is 0 Å². The maximum atomic E-state index is 12.1. The van der Waals surface area contributed by atoms with Crippen LogP contribution in [0.1, 0.15) is 136 Å². The van der Waals surface area contributed by atoms with Crippen LogP contribution >= 0.6 is 0 Å². The molecular weight excluding hydrogens is 346 g/mol. The minimum Gasteiger partial charge on any atom is -0.469 e. The van der Waals surface area contributed by atoms with Crippen molar-refractivity contribution >= 4 is 5.97 Å². The van der Waals surface area contributed by atoms with Gasteiger partial charge in [-0.1, -0.05) is 110 Å². The van der Waals surface area contributed by atoms with E-state index in [0.29, 0.717) is 6.54 Å². The third-order valence-electron chi connectivity index (χ3n) is 6.19. The molecule has 0 heterocycles. The van der Waals surface area contributed by atoms with Gasteiger partial charge in [0.1, 0.15) is 0 Å². The predicted molar refractivity (Wildman–Crippen MR) is 123 cm³/mol. The molecule has 0 aromatic rings. The number of hydrogen-bond acceptors (Lipinski definition) is 3. The summed E-state index contributed by atoms with van der Waals surface area (Å²) in [5, 5.41) is 0. The molecule has 28 heavy (non-hydrogen) atoms. The first-order valence-electron chi connectivity index (χ1n) is 12.4. The Balaban J connectivity index is 3.45. The van der Waals surface area contributed by atoms with Crippen molar-refractivity contribution in [1.82, 2.24) is 0 Å². The lowest BCUT2D eigenvalue weighted by molar-refractivity contribution is -0.152. The molecule has 0 amide bonds. The first-order valence-corrected chi connectivity index (χ1v) is 12.4. The highest BCUT2D eigenvalue weighted by molar-refractivity contribution is 5.76. The van der Waals surface area contributed by atoms with E-state index in [9.17, 15) is 4.79 Å². The highest BCUT2D eigenvalue weighted by atomic mass is 16.5. The number of carbonyl (C=O) groups is 1. The van der Waals surface area contributed by atoms with Crippen molar-refractivity contribution in [1.29, 1.82) is 0 Å². The molecule has 0 rings (SSSR count). The zero-order valence-electron chi connectivity index (χ0n) is 19.5. The Labute approximate surface area is 176 Å². The lowest BCUT2D eigenvalue weighted by Gasteiger charge is -2.26. The molecule has 0 aliphatic carbocycles. The Morgan fingerprint density at radius 3 is 1.39 bits per heavy atom. The number of hydrogen-bond donors (Lipinski definition) is 1. The van der Waals surface area contributed by atoms with E-state index in [1.165, 1.54) is 103 Å². The number of rotatable bonds is 21. The molecule has 0 aromatic carbocycles. The largest absolute Gasteiger partial charge is 0.469 e. The summed E-state index contributed by atoms with van der Waals surface area (Å²) in [6.45, 7) is 4.97. The van der Waals surface area contributed by atoms with Crippen molar-refractivity contribution in [2.24, 2.45) is 11.1 Å². The molecule has 0 aliphatic rings. The van der Waals surface area contributed by atoms with E-state index in [1.54, 1.807) is 0 Å². The lowest BCUT2D eigenvalue weighted by Crippen LogP contribution is -2.30. The summed E-state index contributed by atoms with van der Waals surface area (Å²) in [7, 11) is 1.50. The highest BCUT2D eigenvalue weighted by Gasteiger charge is 2.32. The van der Waals surface area contributed by atoms with Gasteiger partial charge in [0.25, 0.3) is 0 Å². The molecule has 0 aliphatic heterocycles. The Kier molecular flexibility index (Phi) is 19.3. The molecule has 3 heteroatoms. The van der Waals surface area contributed by atoms with Gasteiger partial charge in [-0.25, -0.2) is 0 Å². The predicted octanol–water partition coefficient (Wildman–Crippen LogP) is 7.56. The minimum absolute atomic E-state index is 0.0677. The fourth-order valence-corrected chi connectivity index (χ4v) is 4.13. The van der Waals surface area contributed by atoms with Crippen LogP contribution in [0.2, 0.25) is 0 Å². The smallest absolute Gasteiger partial charge is 0.311 e. The Morgan fingerprint density at radius 1 is 0.679 bits per heavy atom. The second-order valence-corrected chi connectivity index (χ2v) is 9.00. The minimum atomic E-state index is -0.343. The summed E-state index contributed by atoms with van der Waals surface area (Å²) in [5.41, 5.74) is 5.27. The van der Waals surface area contributed by atoms with Gasteiger partial charge in [0.05, 0.1) is 12.5 Å². The van der Waals surface area contributed by atoms with Crippen molar-refractivity contribution < 1.29 is 9.53 Å². The molecule has 0 saturated carbocycles. The maximum absolute atomic E-state index is 12.1. The van der Waals surface area contributed by atoms with Crippen molar-refractivity contribution in [2.45, 2.75) is 136 Å². The van der Waals surface area contributed by atoms with Crippen molar-refractivity contribution in [3.63, 3.8) is 0 Å². The van der Waals surface area contributed by atoms with Crippen LogP contribution in [0, 0.1) is 5.41 Å². The molecule has 0 aromatic heterocycles. The summed E-state index contributed by atoms with van der Waals surface area (Å²) in [6.07, 6.45) is 24.7. The summed E-state index contributed by atoms with van der Waals surface area (Å²) >= 11 is 0. The van der Waals surface area contributed by atoms with Gasteiger partial charge in [0.15, 0.2) is 0 Å². The Morgan fingerprint density at radius 2 is 1.04 bits per heavy atom. The van der Waals surface area contributed by atoms with Crippen LogP contribution in [-0.4, -0.2) is 19.6 Å². The first kappa shape index (κ1) is 27.4. The Hall–Kier alpha value is -0.570. The van der Waals surface area contributed by atoms with Crippen LogP contribution in [0.4, 0.5) is 0 Å². The molecule has 0 bridgehead atoms. The zero-order valence-corrected chi connectivity index (χ0v) is 19.5. The van der Waals surface area contributed by atoms with E-state index in [-0.39, 0.29) is 11.4 Å². The summed E-state index contributed by atoms with van der Waals surface area (Å²) in [6, 6.07) is 0. The van der Waals surface area contributed by atoms with Gasteiger partial charge >= 0.3 is 5.97 Å². The average molecular weight is 398 g/mol. The summed E-state index contributed by atoms with van der Waals surface area (Å²) in [4.78, 5) is 12.1. The lowest BCUT2D eigenvalue weighted by atomic mass is 9.80. The standard InChI is InChI=1S/C25H51NO2/c1-4-5-6-7-8-9-10-11-12-13-14-15-16-17-18-19-21-25(2,22-20-23-26)24(27)28-3/h4-23,26H2,1-3H3.